The molecule has 8 heteroatoms. The van der Waals surface area contributed by atoms with E-state index in [0.29, 0.717) is 5.82 Å². The fraction of sp³-hybridized carbons (Fsp3) is 0.250. The van der Waals surface area contributed by atoms with E-state index in [1.807, 2.05) is 37.4 Å². The van der Waals surface area contributed by atoms with Crippen molar-refractivity contribution in [1.29, 1.82) is 0 Å². The van der Waals surface area contributed by atoms with Gasteiger partial charge in [0.2, 0.25) is 5.91 Å². The molecule has 0 aliphatic carbocycles. The van der Waals surface area contributed by atoms with Crippen molar-refractivity contribution >= 4 is 17.7 Å². The minimum Gasteiger partial charge on any atom is -0.351 e. The molecule has 0 aliphatic heterocycles. The minimum absolute atomic E-state index is 0.306. The van der Waals surface area contributed by atoms with Gasteiger partial charge in [0.05, 0.1) is 6.54 Å². The van der Waals surface area contributed by atoms with Crippen molar-refractivity contribution in [3.63, 3.8) is 0 Å². The van der Waals surface area contributed by atoms with Crippen molar-refractivity contribution in [3.8, 4) is 0 Å². The largest absolute Gasteiger partial charge is 0.351 e. The normalized spacial score (nSPS) is 11.4. The molecule has 1 unspecified atom stereocenters. The Labute approximate surface area is 139 Å². The molecule has 1 heterocycles. The number of benzene rings is 1. The van der Waals surface area contributed by atoms with Gasteiger partial charge in [0.15, 0.2) is 0 Å². The van der Waals surface area contributed by atoms with Crippen LogP contribution in [0.15, 0.2) is 42.7 Å². The standard InChI is InChI=1S/C16H19N5O3/c1-17-15(23)16(24)19-10-12(22)20-13(11-6-4-3-5-7-11)14-18-8-9-21(14)2/h3-9,13H,10H2,1-2H3,(H,17,23)(H,19,24)(H,20,22). The van der Waals surface area contributed by atoms with Crippen molar-refractivity contribution in [2.24, 2.45) is 7.05 Å². The topological polar surface area (TPSA) is 105 Å². The second-order valence-electron chi connectivity index (χ2n) is 5.07. The molecule has 1 aromatic carbocycles. The average molecular weight is 329 g/mol. The number of aromatic nitrogens is 2. The third kappa shape index (κ3) is 4.19. The SMILES string of the molecule is CNC(=O)C(=O)NCC(=O)NC(c1ccccc1)c1nccn1C. The zero-order valence-electron chi connectivity index (χ0n) is 13.4. The van der Waals surface area contributed by atoms with Crippen molar-refractivity contribution in [1.82, 2.24) is 25.5 Å². The number of rotatable bonds is 5. The molecule has 0 bridgehead atoms. The Kier molecular flexibility index (Phi) is 5.67. The van der Waals surface area contributed by atoms with Crippen LogP contribution in [0.2, 0.25) is 0 Å². The highest BCUT2D eigenvalue weighted by Gasteiger charge is 2.21. The predicted molar refractivity (Wildman–Crippen MR) is 86.7 cm³/mol. The molecule has 3 amide bonds. The lowest BCUT2D eigenvalue weighted by Crippen LogP contribution is -2.44. The summed E-state index contributed by atoms with van der Waals surface area (Å²) in [6, 6.07) is 8.90. The molecule has 0 aliphatic rings. The fourth-order valence-corrected chi connectivity index (χ4v) is 2.16. The molecule has 2 rings (SSSR count). The van der Waals surface area contributed by atoms with E-state index in [9.17, 15) is 14.4 Å². The first kappa shape index (κ1) is 17.2. The summed E-state index contributed by atoms with van der Waals surface area (Å²) in [5.41, 5.74) is 0.859. The van der Waals surface area contributed by atoms with Crippen LogP contribution in [0, 0.1) is 0 Å². The van der Waals surface area contributed by atoms with Crippen LogP contribution < -0.4 is 16.0 Å². The van der Waals surface area contributed by atoms with Gasteiger partial charge in [-0.2, -0.15) is 0 Å². The Morgan fingerprint density at radius 1 is 1.17 bits per heavy atom. The van der Waals surface area contributed by atoms with Gasteiger partial charge in [0, 0.05) is 26.5 Å². The van der Waals surface area contributed by atoms with Crippen LogP contribution in [-0.4, -0.2) is 40.9 Å². The number of hydrogen-bond donors (Lipinski definition) is 3. The summed E-state index contributed by atoms with van der Waals surface area (Å²) in [7, 11) is 3.17. The van der Waals surface area contributed by atoms with Gasteiger partial charge in [0.25, 0.3) is 0 Å². The first-order valence-electron chi connectivity index (χ1n) is 7.34. The van der Waals surface area contributed by atoms with Gasteiger partial charge in [-0.1, -0.05) is 30.3 Å². The van der Waals surface area contributed by atoms with Crippen LogP contribution in [0.1, 0.15) is 17.4 Å². The zero-order chi connectivity index (χ0) is 17.5. The van der Waals surface area contributed by atoms with Crippen LogP contribution in [0.4, 0.5) is 0 Å². The molecule has 0 fully saturated rings. The molecule has 8 nitrogen and oxygen atoms in total. The number of carbonyl (C=O) groups is 3. The number of nitrogens with one attached hydrogen (secondary N) is 3. The Morgan fingerprint density at radius 3 is 2.46 bits per heavy atom. The van der Waals surface area contributed by atoms with Gasteiger partial charge in [-0.05, 0) is 5.56 Å². The van der Waals surface area contributed by atoms with Crippen LogP contribution in [0.25, 0.3) is 0 Å². The van der Waals surface area contributed by atoms with E-state index in [-0.39, 0.29) is 6.54 Å². The van der Waals surface area contributed by atoms with Gasteiger partial charge in [-0.3, -0.25) is 14.4 Å². The highest BCUT2D eigenvalue weighted by Crippen LogP contribution is 2.19. The molecule has 2 aromatic rings. The van der Waals surface area contributed by atoms with Gasteiger partial charge < -0.3 is 20.5 Å². The number of aryl methyl sites for hydroxylation is 1. The van der Waals surface area contributed by atoms with E-state index in [0.717, 1.165) is 5.56 Å². The maximum absolute atomic E-state index is 12.2. The summed E-state index contributed by atoms with van der Waals surface area (Å²) >= 11 is 0. The van der Waals surface area contributed by atoms with Crippen LogP contribution in [-0.2, 0) is 21.4 Å². The Bertz CT molecular complexity index is 726. The monoisotopic (exact) mass is 329 g/mol. The van der Waals surface area contributed by atoms with Crippen LogP contribution in [0.5, 0.6) is 0 Å². The molecule has 24 heavy (non-hydrogen) atoms. The smallest absolute Gasteiger partial charge is 0.309 e. The lowest BCUT2D eigenvalue weighted by atomic mass is 10.1. The number of nitrogens with zero attached hydrogens (tertiary/aromatic N) is 2. The van der Waals surface area contributed by atoms with Gasteiger partial charge in [-0.25, -0.2) is 4.98 Å². The van der Waals surface area contributed by atoms with E-state index >= 15 is 0 Å². The highest BCUT2D eigenvalue weighted by atomic mass is 16.2. The molecule has 126 valence electrons. The maximum atomic E-state index is 12.2. The second kappa shape index (κ2) is 7.91. The van der Waals surface area contributed by atoms with Crippen molar-refractivity contribution < 1.29 is 14.4 Å². The lowest BCUT2D eigenvalue weighted by Gasteiger charge is -2.19. The van der Waals surface area contributed by atoms with Crippen molar-refractivity contribution in [3.05, 3.63) is 54.1 Å². The summed E-state index contributed by atoms with van der Waals surface area (Å²) in [6.45, 7) is -0.306. The van der Waals surface area contributed by atoms with Gasteiger partial charge in [0.1, 0.15) is 11.9 Å². The van der Waals surface area contributed by atoms with Crippen LogP contribution in [0.3, 0.4) is 0 Å². The van der Waals surface area contributed by atoms with Crippen molar-refractivity contribution in [2.45, 2.75) is 6.04 Å². The van der Waals surface area contributed by atoms with E-state index in [1.165, 1.54) is 7.05 Å². The van der Waals surface area contributed by atoms with E-state index in [4.69, 9.17) is 0 Å². The molecule has 0 saturated heterocycles. The third-order valence-electron chi connectivity index (χ3n) is 3.40. The zero-order valence-corrected chi connectivity index (χ0v) is 13.4. The molecule has 0 saturated carbocycles. The Balaban J connectivity index is 2.09. The van der Waals surface area contributed by atoms with Crippen molar-refractivity contribution in [2.75, 3.05) is 13.6 Å². The molecular weight excluding hydrogens is 310 g/mol. The number of likely N-dealkylation sites (N-methyl/N-ethyl adjacent to an activating group) is 1. The van der Waals surface area contributed by atoms with Gasteiger partial charge >= 0.3 is 11.8 Å². The molecule has 0 radical (unpaired) electrons. The fourth-order valence-electron chi connectivity index (χ4n) is 2.16. The van der Waals surface area contributed by atoms with Gasteiger partial charge in [-0.15, -0.1) is 0 Å². The lowest BCUT2D eigenvalue weighted by molar-refractivity contribution is -0.139. The Morgan fingerprint density at radius 2 is 1.88 bits per heavy atom. The van der Waals surface area contributed by atoms with Crippen LogP contribution >= 0.6 is 0 Å². The molecular formula is C16H19N5O3. The van der Waals surface area contributed by atoms with E-state index in [2.05, 4.69) is 20.9 Å². The van der Waals surface area contributed by atoms with E-state index in [1.54, 1.807) is 17.0 Å². The number of carbonyl (C=O) groups excluding carboxylic acids is 3. The number of imidazole rings is 1. The predicted octanol–water partition coefficient (Wildman–Crippen LogP) is -0.512. The summed E-state index contributed by atoms with van der Waals surface area (Å²) in [5.74, 6) is -1.43. The first-order chi connectivity index (χ1) is 11.5. The summed E-state index contributed by atoms with van der Waals surface area (Å²) in [6.07, 6.45) is 3.43. The molecule has 1 atom stereocenters. The summed E-state index contributed by atoms with van der Waals surface area (Å²) in [4.78, 5) is 39.0. The highest BCUT2D eigenvalue weighted by molar-refractivity contribution is 6.35. The maximum Gasteiger partial charge on any atom is 0.309 e. The molecule has 3 N–H and O–H groups in total. The number of amides is 3. The number of hydrogen-bond acceptors (Lipinski definition) is 4. The third-order valence-corrected chi connectivity index (χ3v) is 3.40. The van der Waals surface area contributed by atoms with E-state index < -0.39 is 23.8 Å². The molecule has 1 aromatic heterocycles. The quantitative estimate of drug-likeness (QED) is 0.642. The average Bonchev–Trinajstić information content (AvgIpc) is 3.03. The summed E-state index contributed by atoms with van der Waals surface area (Å²) < 4.78 is 1.81. The minimum atomic E-state index is -0.860. The second-order valence-corrected chi connectivity index (χ2v) is 5.07. The Hall–Kier alpha value is -3.16. The molecule has 0 spiro atoms. The summed E-state index contributed by atoms with van der Waals surface area (Å²) in [5, 5.41) is 7.27. The first-order valence-corrected chi connectivity index (χ1v) is 7.34.